The fourth-order valence-electron chi connectivity index (χ4n) is 3.34. The van der Waals surface area contributed by atoms with Gasteiger partial charge in [-0.2, -0.15) is 0 Å². The lowest BCUT2D eigenvalue weighted by Gasteiger charge is -2.05. The van der Waals surface area contributed by atoms with Crippen LogP contribution in [-0.2, 0) is 6.54 Å². The van der Waals surface area contributed by atoms with Crippen LogP contribution in [0.3, 0.4) is 0 Å². The second kappa shape index (κ2) is 11.4. The second-order valence-electron chi connectivity index (χ2n) is 6.02. The number of para-hydroxylation sites is 4. The normalized spacial score (nSPS) is 9.60. The number of rotatable bonds is 2. The Morgan fingerprint density at radius 3 is 1.87 bits per heavy atom. The van der Waals surface area contributed by atoms with E-state index in [9.17, 15) is 0 Å². The van der Waals surface area contributed by atoms with Crippen molar-refractivity contribution in [1.82, 2.24) is 14.0 Å². The number of imidazole rings is 2. The van der Waals surface area contributed by atoms with Crippen LogP contribution >= 0.6 is 0 Å². The summed E-state index contributed by atoms with van der Waals surface area (Å²) in [6, 6.07) is 27.4. The number of benzene rings is 3. The monoisotopic (exact) mass is 398 g/mol. The highest BCUT2D eigenvalue weighted by Gasteiger charge is 2.15. The summed E-state index contributed by atoms with van der Waals surface area (Å²) >= 11 is 0. The second-order valence-corrected chi connectivity index (χ2v) is 6.02. The van der Waals surface area contributed by atoms with Crippen LogP contribution in [0.2, 0.25) is 0 Å². The maximum Gasteiger partial charge on any atom is 0.216 e. The Hall–Kier alpha value is -3.58. The molecule has 0 aliphatic rings. The van der Waals surface area contributed by atoms with Gasteiger partial charge in [-0.15, -0.1) is 0 Å². The lowest BCUT2D eigenvalue weighted by atomic mass is 10.2. The van der Waals surface area contributed by atoms with Crippen LogP contribution in [0.25, 0.3) is 32.7 Å². The summed E-state index contributed by atoms with van der Waals surface area (Å²) in [6.45, 7) is 14.7. The van der Waals surface area contributed by atoms with Gasteiger partial charge in [-0.3, -0.25) is 4.40 Å². The van der Waals surface area contributed by atoms with Crippen molar-refractivity contribution in [2.75, 3.05) is 7.05 Å². The zero-order valence-corrected chi connectivity index (χ0v) is 18.5. The predicted molar refractivity (Wildman–Crippen MR) is 129 cm³/mol. The molecule has 0 spiro atoms. The first-order chi connectivity index (χ1) is 14.8. The fourth-order valence-corrected chi connectivity index (χ4v) is 3.34. The molecule has 0 saturated carbocycles. The molecule has 0 amide bonds. The number of fused-ring (bicyclic) bond motifs is 5. The van der Waals surface area contributed by atoms with Crippen LogP contribution in [0.5, 0.6) is 0 Å². The van der Waals surface area contributed by atoms with Crippen molar-refractivity contribution in [3.63, 3.8) is 0 Å². The molecule has 0 aliphatic heterocycles. The quantitative estimate of drug-likeness (QED) is 0.292. The van der Waals surface area contributed by atoms with E-state index in [1.54, 1.807) is 0 Å². The van der Waals surface area contributed by atoms with Crippen LogP contribution in [0.1, 0.15) is 33.3 Å². The van der Waals surface area contributed by atoms with Crippen LogP contribution in [0.4, 0.5) is 0 Å². The van der Waals surface area contributed by atoms with E-state index in [4.69, 9.17) is 11.6 Å². The van der Waals surface area contributed by atoms with Crippen molar-refractivity contribution in [2.24, 2.45) is 0 Å². The summed E-state index contributed by atoms with van der Waals surface area (Å²) in [5, 5.41) is 0. The average molecular weight is 399 g/mol. The van der Waals surface area contributed by atoms with E-state index in [-0.39, 0.29) is 0 Å². The van der Waals surface area contributed by atoms with E-state index >= 15 is 0 Å². The number of hydrogen-bond acceptors (Lipinski definition) is 1. The average Bonchev–Trinajstić information content (AvgIpc) is 3.34. The first kappa shape index (κ1) is 22.7. The lowest BCUT2D eigenvalue weighted by molar-refractivity contribution is 0.847. The molecule has 30 heavy (non-hydrogen) atoms. The van der Waals surface area contributed by atoms with Crippen LogP contribution in [-0.4, -0.2) is 21.0 Å². The molecule has 0 bridgehead atoms. The van der Waals surface area contributed by atoms with Gasteiger partial charge in [-0.1, -0.05) is 82.3 Å². The standard InChI is InChI=1S/C20H15N3.C2H3N.2C2H6/c1-2-8-15(9-3-1)14-22-18-12-6-7-13-19(18)23-17-11-5-4-10-16(17)21-20(22)23;1-3-2;2*1-2/h1-13H,14H2;1H3;2*1-2H3. The first-order valence-corrected chi connectivity index (χ1v) is 10.5. The molecule has 0 fully saturated rings. The number of aromatic nitrogens is 3. The number of hydrogen-bond donors (Lipinski definition) is 0. The molecule has 3 aromatic carbocycles. The molecule has 4 heteroatoms. The van der Waals surface area contributed by atoms with Crippen molar-refractivity contribution >= 4 is 27.8 Å². The summed E-state index contributed by atoms with van der Waals surface area (Å²) in [5.41, 5.74) is 5.89. The minimum atomic E-state index is 0.821. The van der Waals surface area contributed by atoms with Gasteiger partial charge in [0.2, 0.25) is 12.8 Å². The molecule has 0 saturated heterocycles. The van der Waals surface area contributed by atoms with E-state index < -0.39 is 0 Å². The van der Waals surface area contributed by atoms with Gasteiger partial charge >= 0.3 is 0 Å². The molecule has 4 nitrogen and oxygen atoms in total. The van der Waals surface area contributed by atoms with E-state index in [2.05, 4.69) is 86.6 Å². The van der Waals surface area contributed by atoms with Gasteiger partial charge < -0.3 is 9.41 Å². The highest BCUT2D eigenvalue weighted by Crippen LogP contribution is 2.26. The van der Waals surface area contributed by atoms with Crippen molar-refractivity contribution < 1.29 is 0 Å². The Kier molecular flexibility index (Phi) is 8.65. The summed E-state index contributed by atoms with van der Waals surface area (Å²) in [6.07, 6.45) is 0. The summed E-state index contributed by atoms with van der Waals surface area (Å²) < 4.78 is 4.55. The van der Waals surface area contributed by atoms with Gasteiger partial charge in [0, 0.05) is 0 Å². The smallest absolute Gasteiger partial charge is 0.216 e. The van der Waals surface area contributed by atoms with Crippen molar-refractivity contribution in [3.8, 4) is 0 Å². The molecule has 0 unspecified atom stereocenters. The zero-order valence-electron chi connectivity index (χ0n) is 18.5. The molecule has 5 aromatic rings. The third kappa shape index (κ3) is 4.52. The fraction of sp³-hybridized carbons (Fsp3) is 0.231. The van der Waals surface area contributed by atoms with Gasteiger partial charge in [0.15, 0.2) is 0 Å². The van der Waals surface area contributed by atoms with Gasteiger partial charge in [0.1, 0.15) is 0 Å². The van der Waals surface area contributed by atoms with Crippen LogP contribution in [0.15, 0.2) is 78.9 Å². The van der Waals surface area contributed by atoms with Crippen LogP contribution < -0.4 is 0 Å². The predicted octanol–water partition coefficient (Wildman–Crippen LogP) is 7.08. The Morgan fingerprint density at radius 1 is 0.733 bits per heavy atom. The summed E-state index contributed by atoms with van der Waals surface area (Å²) in [7, 11) is 1.42. The molecule has 2 aromatic heterocycles. The third-order valence-electron chi connectivity index (χ3n) is 4.38. The highest BCUT2D eigenvalue weighted by atomic mass is 15.2. The Bertz CT molecular complexity index is 1220. The molecule has 0 atom stereocenters. The lowest BCUT2D eigenvalue weighted by Crippen LogP contribution is -2.00. The summed E-state index contributed by atoms with van der Waals surface area (Å²) in [4.78, 5) is 7.62. The van der Waals surface area contributed by atoms with Crippen molar-refractivity contribution in [3.05, 3.63) is 95.8 Å². The van der Waals surface area contributed by atoms with E-state index in [1.165, 1.54) is 23.6 Å². The van der Waals surface area contributed by atoms with Gasteiger partial charge in [0.25, 0.3) is 0 Å². The first-order valence-electron chi connectivity index (χ1n) is 10.5. The molecule has 154 valence electrons. The topological polar surface area (TPSA) is 26.6 Å². The minimum Gasteiger partial charge on any atom is -0.320 e. The molecular formula is C26H30N4. The molecule has 5 rings (SSSR count). The van der Waals surface area contributed by atoms with Crippen LogP contribution in [0, 0.1) is 6.57 Å². The van der Waals surface area contributed by atoms with E-state index in [0.717, 1.165) is 23.4 Å². The molecule has 0 N–H and O–H groups in total. The Labute approximate surface area is 179 Å². The van der Waals surface area contributed by atoms with Gasteiger partial charge in [-0.25, -0.2) is 11.6 Å². The Balaban J connectivity index is 0.000000414. The number of nitrogens with zero attached hydrogens (tertiary/aromatic N) is 4. The highest BCUT2D eigenvalue weighted by molar-refractivity contribution is 5.90. The van der Waals surface area contributed by atoms with Crippen molar-refractivity contribution in [1.29, 1.82) is 0 Å². The van der Waals surface area contributed by atoms with Gasteiger partial charge in [-0.05, 0) is 29.8 Å². The summed E-state index contributed by atoms with van der Waals surface area (Å²) in [5.74, 6) is 0.997. The van der Waals surface area contributed by atoms with E-state index in [1.807, 2.05) is 33.8 Å². The van der Waals surface area contributed by atoms with E-state index in [0.29, 0.717) is 0 Å². The third-order valence-corrected chi connectivity index (χ3v) is 4.38. The maximum atomic E-state index is 5.83. The molecular weight excluding hydrogens is 368 g/mol. The Morgan fingerprint density at radius 2 is 1.23 bits per heavy atom. The zero-order chi connectivity index (χ0) is 21.9. The molecule has 0 radical (unpaired) electrons. The molecule has 2 heterocycles. The SMILES string of the molecule is CC.CC.[C-]#[N+]C.c1ccc(Cn2c3ccccc3n3c4ccccc4nc23)cc1. The van der Waals surface area contributed by atoms with Gasteiger partial charge in [0.05, 0.1) is 28.6 Å². The van der Waals surface area contributed by atoms with Crippen molar-refractivity contribution in [2.45, 2.75) is 34.2 Å². The molecule has 0 aliphatic carbocycles. The minimum absolute atomic E-state index is 0.821. The largest absolute Gasteiger partial charge is 0.320 e. The maximum absolute atomic E-state index is 5.83.